The van der Waals surface area contributed by atoms with E-state index in [-0.39, 0.29) is 47.5 Å². The van der Waals surface area contributed by atoms with E-state index in [1.54, 1.807) is 4.90 Å². The number of methoxy groups -OCH3 is 2. The first-order valence-electron chi connectivity index (χ1n) is 11.5. The smallest absolute Gasteiger partial charge is 0.286 e. The second kappa shape index (κ2) is 11.6. The van der Waals surface area contributed by atoms with E-state index < -0.39 is 4.92 Å². The van der Waals surface area contributed by atoms with Crippen LogP contribution in [-0.4, -0.2) is 93.0 Å². The number of nitrogens with zero attached hydrogens (tertiary/aromatic N) is 3. The Hall–Kier alpha value is -2.43. The maximum atomic E-state index is 13.2. The number of nitro groups is 1. The van der Waals surface area contributed by atoms with Gasteiger partial charge in [0.25, 0.3) is 11.6 Å². The molecule has 1 aromatic carbocycles. The molecule has 1 aromatic rings. The molecule has 33 heavy (non-hydrogen) atoms. The number of carbonyl (C=O) groups excluding carboxylic acids is 1. The van der Waals surface area contributed by atoms with Gasteiger partial charge in [0.15, 0.2) is 11.5 Å². The average Bonchev–Trinajstić information content (AvgIpc) is 2.78. The number of likely N-dealkylation sites (tertiary alicyclic amines) is 1. The van der Waals surface area contributed by atoms with Gasteiger partial charge in [0, 0.05) is 45.9 Å². The summed E-state index contributed by atoms with van der Waals surface area (Å²) in [4.78, 5) is 28.5. The number of morpholine rings is 1. The fourth-order valence-corrected chi connectivity index (χ4v) is 4.67. The molecule has 0 N–H and O–H groups in total. The lowest BCUT2D eigenvalue weighted by Crippen LogP contribution is -2.48. The van der Waals surface area contributed by atoms with Gasteiger partial charge in [-0.15, -0.1) is 0 Å². The molecular weight excluding hydrogens is 430 g/mol. The van der Waals surface area contributed by atoms with Crippen LogP contribution in [0.3, 0.4) is 0 Å². The molecule has 2 aliphatic rings. The summed E-state index contributed by atoms with van der Waals surface area (Å²) in [6, 6.07) is 2.67. The van der Waals surface area contributed by atoms with Crippen molar-refractivity contribution in [1.82, 2.24) is 9.80 Å². The molecule has 0 radical (unpaired) electrons. The molecule has 0 spiro atoms. The Labute approximate surface area is 194 Å². The van der Waals surface area contributed by atoms with Crippen molar-refractivity contribution in [2.24, 2.45) is 5.92 Å². The van der Waals surface area contributed by atoms with Crippen LogP contribution < -0.4 is 9.47 Å². The summed E-state index contributed by atoms with van der Waals surface area (Å²) in [5.74, 6) is 0.638. The molecule has 2 saturated heterocycles. The minimum atomic E-state index is -0.552. The van der Waals surface area contributed by atoms with Crippen LogP contribution in [0.2, 0.25) is 0 Å². The molecule has 2 unspecified atom stereocenters. The second-order valence-corrected chi connectivity index (χ2v) is 8.83. The number of piperidine rings is 1. The first-order valence-corrected chi connectivity index (χ1v) is 11.5. The molecule has 10 heteroatoms. The first-order chi connectivity index (χ1) is 15.8. The van der Waals surface area contributed by atoms with E-state index in [0.29, 0.717) is 25.6 Å². The lowest BCUT2D eigenvalue weighted by molar-refractivity contribution is -0.385. The predicted octanol–water partition coefficient (Wildman–Crippen LogP) is 2.59. The van der Waals surface area contributed by atoms with Gasteiger partial charge in [-0.05, 0) is 32.6 Å². The van der Waals surface area contributed by atoms with Gasteiger partial charge in [0.2, 0.25) is 0 Å². The van der Waals surface area contributed by atoms with Crippen LogP contribution in [0.4, 0.5) is 5.69 Å². The van der Waals surface area contributed by atoms with Crippen molar-refractivity contribution in [3.05, 3.63) is 27.8 Å². The van der Waals surface area contributed by atoms with E-state index in [0.717, 1.165) is 32.5 Å². The largest absolute Gasteiger partial charge is 0.493 e. The highest BCUT2D eigenvalue weighted by atomic mass is 16.6. The molecule has 0 bridgehead atoms. The molecule has 0 saturated carbocycles. The Balaban J connectivity index is 1.66. The van der Waals surface area contributed by atoms with Gasteiger partial charge >= 0.3 is 0 Å². The summed E-state index contributed by atoms with van der Waals surface area (Å²) >= 11 is 0. The molecule has 2 atom stereocenters. The lowest BCUT2D eigenvalue weighted by atomic mass is 9.95. The number of hydrogen-bond donors (Lipinski definition) is 0. The van der Waals surface area contributed by atoms with Crippen LogP contribution in [-0.2, 0) is 9.47 Å². The standard InChI is InChI=1S/C23H35N3O7/c1-16-13-24(14-17(2)33-16)15-18-5-7-25(8-6-18)23(27)19-11-21(31-4)22(32-10-9-30-3)12-20(19)26(28)29/h11-12,16-18H,5-10,13-15H2,1-4H3. The second-order valence-electron chi connectivity index (χ2n) is 8.83. The first kappa shape index (κ1) is 25.2. The summed E-state index contributed by atoms with van der Waals surface area (Å²) in [6.07, 6.45) is 2.20. The van der Waals surface area contributed by atoms with Gasteiger partial charge < -0.3 is 23.8 Å². The van der Waals surface area contributed by atoms with Crippen LogP contribution in [0.15, 0.2) is 12.1 Å². The van der Waals surface area contributed by atoms with Crippen LogP contribution in [0, 0.1) is 16.0 Å². The zero-order chi connectivity index (χ0) is 24.0. The third-order valence-corrected chi connectivity index (χ3v) is 6.17. The van der Waals surface area contributed by atoms with E-state index in [4.69, 9.17) is 18.9 Å². The quantitative estimate of drug-likeness (QED) is 0.311. The van der Waals surface area contributed by atoms with Gasteiger partial charge in [-0.2, -0.15) is 0 Å². The van der Waals surface area contributed by atoms with Crippen LogP contribution >= 0.6 is 0 Å². The number of amides is 1. The summed E-state index contributed by atoms with van der Waals surface area (Å²) < 4.78 is 21.6. The van der Waals surface area contributed by atoms with Gasteiger partial charge in [-0.25, -0.2) is 0 Å². The number of rotatable bonds is 9. The summed E-state index contributed by atoms with van der Waals surface area (Å²) in [7, 11) is 2.98. The Morgan fingerprint density at radius 3 is 2.36 bits per heavy atom. The van der Waals surface area contributed by atoms with Crippen molar-refractivity contribution >= 4 is 11.6 Å². The summed E-state index contributed by atoms with van der Waals surface area (Å²) in [6.45, 7) is 8.72. The average molecular weight is 466 g/mol. The predicted molar refractivity (Wildman–Crippen MR) is 122 cm³/mol. The molecule has 0 aromatic heterocycles. The summed E-state index contributed by atoms with van der Waals surface area (Å²) in [5.41, 5.74) is -0.267. The highest BCUT2D eigenvalue weighted by Crippen LogP contribution is 2.36. The fraction of sp³-hybridized carbons (Fsp3) is 0.696. The topological polar surface area (TPSA) is 104 Å². The maximum Gasteiger partial charge on any atom is 0.286 e. The number of carbonyl (C=O) groups is 1. The lowest BCUT2D eigenvalue weighted by Gasteiger charge is -2.39. The molecule has 2 fully saturated rings. The van der Waals surface area contributed by atoms with E-state index in [2.05, 4.69) is 18.7 Å². The van der Waals surface area contributed by atoms with Crippen molar-refractivity contribution in [2.75, 3.05) is 60.2 Å². The van der Waals surface area contributed by atoms with Gasteiger partial charge in [0.1, 0.15) is 12.2 Å². The van der Waals surface area contributed by atoms with Gasteiger partial charge in [-0.3, -0.25) is 19.8 Å². The number of benzene rings is 1. The van der Waals surface area contributed by atoms with Crippen molar-refractivity contribution in [3.8, 4) is 11.5 Å². The van der Waals surface area contributed by atoms with E-state index >= 15 is 0 Å². The minimum absolute atomic E-state index is 0.0187. The summed E-state index contributed by atoms with van der Waals surface area (Å²) in [5, 5.41) is 11.7. The van der Waals surface area contributed by atoms with Crippen molar-refractivity contribution < 1.29 is 28.7 Å². The van der Waals surface area contributed by atoms with Crippen LogP contribution in [0.25, 0.3) is 0 Å². The maximum absolute atomic E-state index is 13.2. The van der Waals surface area contributed by atoms with Crippen molar-refractivity contribution in [3.63, 3.8) is 0 Å². The van der Waals surface area contributed by atoms with Crippen LogP contribution in [0.5, 0.6) is 11.5 Å². The van der Waals surface area contributed by atoms with E-state index in [1.165, 1.54) is 26.4 Å². The van der Waals surface area contributed by atoms with E-state index in [9.17, 15) is 14.9 Å². The number of ether oxygens (including phenoxy) is 4. The fourth-order valence-electron chi connectivity index (χ4n) is 4.67. The Morgan fingerprint density at radius 1 is 1.12 bits per heavy atom. The van der Waals surface area contributed by atoms with Crippen molar-refractivity contribution in [2.45, 2.75) is 38.9 Å². The molecule has 10 nitrogen and oxygen atoms in total. The molecular formula is C23H35N3O7. The van der Waals surface area contributed by atoms with E-state index in [1.807, 2.05) is 0 Å². The van der Waals surface area contributed by atoms with Gasteiger partial charge in [0.05, 0.1) is 36.9 Å². The Morgan fingerprint density at radius 2 is 1.79 bits per heavy atom. The Bertz CT molecular complexity index is 817. The van der Waals surface area contributed by atoms with Gasteiger partial charge in [-0.1, -0.05) is 0 Å². The van der Waals surface area contributed by atoms with Crippen molar-refractivity contribution in [1.29, 1.82) is 0 Å². The zero-order valence-electron chi connectivity index (χ0n) is 20.0. The zero-order valence-corrected chi connectivity index (χ0v) is 20.0. The number of nitro benzene ring substituents is 1. The molecule has 2 aliphatic heterocycles. The highest BCUT2D eigenvalue weighted by molar-refractivity contribution is 5.99. The third kappa shape index (κ3) is 6.55. The monoisotopic (exact) mass is 465 g/mol. The molecule has 2 heterocycles. The highest BCUT2D eigenvalue weighted by Gasteiger charge is 2.32. The Kier molecular flexibility index (Phi) is 8.87. The molecule has 1 amide bonds. The number of hydrogen-bond acceptors (Lipinski definition) is 8. The normalized spacial score (nSPS) is 22.2. The third-order valence-electron chi connectivity index (χ3n) is 6.17. The van der Waals surface area contributed by atoms with Crippen LogP contribution in [0.1, 0.15) is 37.0 Å². The minimum Gasteiger partial charge on any atom is -0.493 e. The SMILES string of the molecule is COCCOc1cc([N+](=O)[O-])c(C(=O)N2CCC(CN3CC(C)OC(C)C3)CC2)cc1OC. The molecule has 3 rings (SSSR count). The molecule has 0 aliphatic carbocycles. The molecule has 184 valence electrons.